The highest BCUT2D eigenvalue weighted by Gasteiger charge is 2.22. The van der Waals surface area contributed by atoms with Gasteiger partial charge in [-0.15, -0.1) is 0 Å². The van der Waals surface area contributed by atoms with Crippen molar-refractivity contribution >= 4 is 17.9 Å². The number of carbonyl (C=O) groups excluding carboxylic acids is 3. The fourth-order valence-electron chi connectivity index (χ4n) is 8.28. The number of aliphatic carboxylic acids is 1. The van der Waals surface area contributed by atoms with E-state index in [2.05, 4.69) is 172 Å². The van der Waals surface area contributed by atoms with E-state index in [1.54, 1.807) is 0 Å². The molecule has 0 aromatic carbocycles. The third kappa shape index (κ3) is 64.3. The SMILES string of the molecule is CC/C=C\C/C=C\C/C=C\C/C=C\C/C=C\C/C=C\C/C=C\C/C=C\C/C=C\C/C=C\CCCCCCCCCCC(=O)OC(COC(=O)CCCCCCCC/C=C\C/C=C\C/C=C\CCCCC)COC(OCC[N+](C)(C)C)C(=O)[O-]. The first-order valence-corrected chi connectivity index (χ1v) is 32.6. The molecule has 0 saturated heterocycles. The quantitative estimate of drug-likeness (QED) is 0.0195. The Morgan fingerprint density at radius 1 is 0.373 bits per heavy atom. The zero-order valence-corrected chi connectivity index (χ0v) is 53.2. The number of allylic oxidation sites excluding steroid dienone is 26. The van der Waals surface area contributed by atoms with Crippen molar-refractivity contribution in [3.05, 3.63) is 158 Å². The summed E-state index contributed by atoms with van der Waals surface area (Å²) in [5.74, 6) is -2.33. The second kappa shape index (κ2) is 62.9. The predicted octanol–water partition coefficient (Wildman–Crippen LogP) is 18.8. The number of ether oxygens (including phenoxy) is 4. The molecule has 0 N–H and O–H groups in total. The molecule has 0 aliphatic heterocycles. The van der Waals surface area contributed by atoms with Gasteiger partial charge in [-0.05, 0) is 128 Å². The Balaban J connectivity index is 4.23. The summed E-state index contributed by atoms with van der Waals surface area (Å²) in [6.07, 6.45) is 90.1. The summed E-state index contributed by atoms with van der Waals surface area (Å²) in [5, 5.41) is 11.8. The molecule has 0 rings (SSSR count). The molecule has 468 valence electrons. The highest BCUT2D eigenvalue weighted by Crippen LogP contribution is 2.14. The van der Waals surface area contributed by atoms with Crippen molar-refractivity contribution in [3.63, 3.8) is 0 Å². The molecule has 2 atom stereocenters. The van der Waals surface area contributed by atoms with Gasteiger partial charge in [-0.3, -0.25) is 9.59 Å². The first-order valence-electron chi connectivity index (χ1n) is 32.6. The summed E-state index contributed by atoms with van der Waals surface area (Å²) in [7, 11) is 5.91. The minimum absolute atomic E-state index is 0.135. The molecule has 0 spiro atoms. The van der Waals surface area contributed by atoms with Gasteiger partial charge in [0, 0.05) is 12.8 Å². The Morgan fingerprint density at radius 2 is 0.687 bits per heavy atom. The number of carbonyl (C=O) groups is 3. The number of hydrogen-bond donors (Lipinski definition) is 0. The number of rotatable bonds is 58. The first kappa shape index (κ1) is 77.9. The van der Waals surface area contributed by atoms with Gasteiger partial charge in [0.15, 0.2) is 12.4 Å². The van der Waals surface area contributed by atoms with Crippen LogP contribution in [0.15, 0.2) is 158 Å². The molecule has 0 radical (unpaired) electrons. The highest BCUT2D eigenvalue weighted by molar-refractivity contribution is 5.70. The van der Waals surface area contributed by atoms with Crippen LogP contribution in [0.5, 0.6) is 0 Å². The van der Waals surface area contributed by atoms with Crippen LogP contribution in [-0.2, 0) is 33.3 Å². The van der Waals surface area contributed by atoms with Gasteiger partial charge in [-0.25, -0.2) is 0 Å². The molecule has 0 aliphatic carbocycles. The van der Waals surface area contributed by atoms with E-state index in [-0.39, 0.29) is 38.6 Å². The maximum atomic E-state index is 12.9. The molecular weight excluding hydrogens is 1030 g/mol. The lowest BCUT2D eigenvalue weighted by Gasteiger charge is -2.26. The second-order valence-corrected chi connectivity index (χ2v) is 22.3. The van der Waals surface area contributed by atoms with Crippen molar-refractivity contribution in [1.82, 2.24) is 0 Å². The number of carboxylic acid groups (broad SMARTS) is 1. The van der Waals surface area contributed by atoms with Crippen LogP contribution in [0.1, 0.15) is 232 Å². The number of hydrogen-bond acceptors (Lipinski definition) is 8. The number of likely N-dealkylation sites (N-methyl/N-ethyl adjacent to an activating group) is 1. The maximum absolute atomic E-state index is 12.9. The second-order valence-electron chi connectivity index (χ2n) is 22.3. The Kier molecular flexibility index (Phi) is 59.1. The Bertz CT molecular complexity index is 1920. The van der Waals surface area contributed by atoms with Crippen LogP contribution in [0.3, 0.4) is 0 Å². The van der Waals surface area contributed by atoms with E-state index >= 15 is 0 Å². The Morgan fingerprint density at radius 3 is 1.02 bits per heavy atom. The van der Waals surface area contributed by atoms with Gasteiger partial charge in [0.1, 0.15) is 13.2 Å². The highest BCUT2D eigenvalue weighted by atomic mass is 16.7. The van der Waals surface area contributed by atoms with Crippen molar-refractivity contribution in [3.8, 4) is 0 Å². The summed E-state index contributed by atoms with van der Waals surface area (Å²) in [6.45, 7) is 4.56. The van der Waals surface area contributed by atoms with Crippen LogP contribution in [0.4, 0.5) is 0 Å². The van der Waals surface area contributed by atoms with E-state index < -0.39 is 24.3 Å². The average molecular weight is 1150 g/mol. The largest absolute Gasteiger partial charge is 0.545 e. The van der Waals surface area contributed by atoms with Crippen molar-refractivity contribution in [1.29, 1.82) is 0 Å². The van der Waals surface area contributed by atoms with E-state index in [1.807, 2.05) is 21.1 Å². The van der Waals surface area contributed by atoms with Crippen LogP contribution in [-0.4, -0.2) is 82.3 Å². The van der Waals surface area contributed by atoms with Crippen molar-refractivity contribution < 1.29 is 42.9 Å². The third-order valence-electron chi connectivity index (χ3n) is 13.3. The molecule has 83 heavy (non-hydrogen) atoms. The molecule has 0 aromatic heterocycles. The molecule has 0 saturated carbocycles. The topological polar surface area (TPSA) is 111 Å². The maximum Gasteiger partial charge on any atom is 0.306 e. The zero-order chi connectivity index (χ0) is 60.5. The number of carboxylic acids is 1. The van der Waals surface area contributed by atoms with E-state index in [0.29, 0.717) is 17.4 Å². The summed E-state index contributed by atoms with van der Waals surface area (Å²) in [6, 6.07) is 0. The lowest BCUT2D eigenvalue weighted by molar-refractivity contribution is -0.870. The van der Waals surface area contributed by atoms with Crippen molar-refractivity contribution in [2.75, 3.05) is 47.5 Å². The van der Waals surface area contributed by atoms with E-state index in [0.717, 1.165) is 148 Å². The first-order chi connectivity index (χ1) is 40.6. The summed E-state index contributed by atoms with van der Waals surface area (Å²) in [4.78, 5) is 37.4. The van der Waals surface area contributed by atoms with E-state index in [9.17, 15) is 19.5 Å². The minimum atomic E-state index is -1.64. The molecule has 0 fully saturated rings. The zero-order valence-electron chi connectivity index (χ0n) is 53.2. The molecule has 0 bridgehead atoms. The number of unbranched alkanes of at least 4 members (excludes halogenated alkanes) is 17. The van der Waals surface area contributed by atoms with Crippen molar-refractivity contribution in [2.45, 2.75) is 245 Å². The summed E-state index contributed by atoms with van der Waals surface area (Å²) in [5.41, 5.74) is 0. The van der Waals surface area contributed by atoms with Gasteiger partial charge in [0.05, 0.1) is 40.3 Å². The van der Waals surface area contributed by atoms with Crippen LogP contribution in [0, 0.1) is 0 Å². The van der Waals surface area contributed by atoms with Crippen LogP contribution in [0.2, 0.25) is 0 Å². The van der Waals surface area contributed by atoms with Gasteiger partial charge in [0.25, 0.3) is 0 Å². The molecule has 2 unspecified atom stereocenters. The van der Waals surface area contributed by atoms with Crippen LogP contribution in [0.25, 0.3) is 0 Å². The van der Waals surface area contributed by atoms with Gasteiger partial charge >= 0.3 is 11.9 Å². The number of esters is 2. The molecule has 0 amide bonds. The summed E-state index contributed by atoms with van der Waals surface area (Å²) >= 11 is 0. The molecule has 0 aromatic rings. The number of nitrogens with zero attached hydrogens (tertiary/aromatic N) is 1. The van der Waals surface area contributed by atoms with Gasteiger partial charge < -0.3 is 33.3 Å². The number of quaternary nitrogens is 1. The molecule has 9 heteroatoms. The lowest BCUT2D eigenvalue weighted by Crippen LogP contribution is -2.44. The van der Waals surface area contributed by atoms with Gasteiger partial charge in [0.2, 0.25) is 0 Å². The fourth-order valence-corrected chi connectivity index (χ4v) is 8.28. The normalized spacial score (nSPS) is 13.8. The van der Waals surface area contributed by atoms with Crippen LogP contribution >= 0.6 is 0 Å². The molecule has 0 heterocycles. The molecule has 0 aliphatic rings. The van der Waals surface area contributed by atoms with Gasteiger partial charge in [-0.1, -0.05) is 249 Å². The fraction of sp³-hybridized carbons (Fsp3) is 0.608. The van der Waals surface area contributed by atoms with Crippen LogP contribution < -0.4 is 5.11 Å². The lowest BCUT2D eigenvalue weighted by atomic mass is 10.1. The van der Waals surface area contributed by atoms with Gasteiger partial charge in [-0.2, -0.15) is 0 Å². The standard InChI is InChI=1S/C74H119NO8/c1-6-8-10-12-14-16-18-20-22-24-26-27-28-29-30-31-32-33-34-35-36-37-38-39-40-41-42-43-44-45-47-49-51-53-55-57-59-61-63-65-72(77)83-70(69-82-74(73(78)79)80-67-66-75(3,4)5)68-81-71(76)64-62-60-58-56-54-52-50-48-46-25-23-21-19-17-15-13-11-9-7-2/h8,10,14-17,20-23,26-27,29-30,32-33,35-36,38-39,41-42,44-46,48,70,74H,6-7,9,11-13,18-19,24-25,28,31,34,37,40,43,47,49-69H2,1-5H3/b10-8-,16-14-,17-15-,22-20-,23-21-,27-26-,30-29-,33-32-,36-35-,39-38-,42-41-,45-44-,48-46-. The smallest absolute Gasteiger partial charge is 0.306 e. The van der Waals surface area contributed by atoms with E-state index in [1.165, 1.54) is 51.4 Å². The third-order valence-corrected chi connectivity index (χ3v) is 13.3. The molecule has 9 nitrogen and oxygen atoms in total. The van der Waals surface area contributed by atoms with E-state index in [4.69, 9.17) is 18.9 Å². The monoisotopic (exact) mass is 1150 g/mol. The predicted molar refractivity (Wildman–Crippen MR) is 352 cm³/mol. The Hall–Kier alpha value is -5.09. The Labute approximate surface area is 508 Å². The minimum Gasteiger partial charge on any atom is -0.545 e. The summed E-state index contributed by atoms with van der Waals surface area (Å²) < 4.78 is 22.7. The average Bonchev–Trinajstić information content (AvgIpc) is 3.46. The molecular formula is C74H119NO8. The van der Waals surface area contributed by atoms with Crippen molar-refractivity contribution in [2.24, 2.45) is 0 Å².